The Morgan fingerprint density at radius 2 is 1.70 bits per heavy atom. The standard InChI is InChI=1S/C32H36FN3O6S/c1-22(2)29(31(37)36-27(20-41-32(36)38)18-23-6-4-3-5-7-23)21-43(39,40)35-16-14-28(15-17-35)42-30-13-10-25(19-34-30)24-8-11-26(33)12-9-24/h3-13,19,22,27-29H,14-18,20-21H2,1-2H3/t27-,29?/m1/s1. The Morgan fingerprint density at radius 3 is 2.33 bits per heavy atom. The number of halogens is 1. The van der Waals surface area contributed by atoms with Crippen molar-refractivity contribution in [3.05, 3.63) is 84.3 Å². The molecule has 228 valence electrons. The summed E-state index contributed by atoms with van der Waals surface area (Å²) < 4.78 is 52.8. The Kier molecular flexibility index (Phi) is 9.41. The number of piperidine rings is 1. The van der Waals surface area contributed by atoms with Crippen LogP contribution in [0.4, 0.5) is 9.18 Å². The third kappa shape index (κ3) is 7.40. The number of hydrogen-bond donors (Lipinski definition) is 0. The molecule has 2 amide bonds. The average Bonchev–Trinajstić information content (AvgIpc) is 3.36. The summed E-state index contributed by atoms with van der Waals surface area (Å²) in [5.41, 5.74) is 2.63. The average molecular weight is 610 g/mol. The van der Waals surface area contributed by atoms with Gasteiger partial charge >= 0.3 is 6.09 Å². The molecule has 2 fully saturated rings. The first-order valence-corrected chi connectivity index (χ1v) is 16.1. The number of amides is 2. The largest absolute Gasteiger partial charge is 0.474 e. The fourth-order valence-electron chi connectivity index (χ4n) is 5.49. The molecule has 11 heteroatoms. The predicted molar refractivity (Wildman–Crippen MR) is 159 cm³/mol. The third-order valence-electron chi connectivity index (χ3n) is 8.02. The van der Waals surface area contributed by atoms with E-state index in [1.807, 2.05) is 36.4 Å². The highest BCUT2D eigenvalue weighted by Crippen LogP contribution is 2.27. The van der Waals surface area contributed by atoms with Gasteiger partial charge in [-0.2, -0.15) is 0 Å². The summed E-state index contributed by atoms with van der Waals surface area (Å²) in [7, 11) is -3.80. The first-order valence-electron chi connectivity index (χ1n) is 14.5. The quantitative estimate of drug-likeness (QED) is 0.321. The van der Waals surface area contributed by atoms with Crippen LogP contribution in [0.15, 0.2) is 72.9 Å². The maximum atomic E-state index is 13.6. The van der Waals surface area contributed by atoms with Crippen LogP contribution in [-0.4, -0.2) is 72.2 Å². The zero-order valence-electron chi connectivity index (χ0n) is 24.3. The molecular weight excluding hydrogens is 573 g/mol. The maximum Gasteiger partial charge on any atom is 0.416 e. The number of carbonyl (C=O) groups is 2. The summed E-state index contributed by atoms with van der Waals surface area (Å²) in [4.78, 5) is 31.7. The monoisotopic (exact) mass is 609 g/mol. The number of cyclic esters (lactones) is 1. The summed E-state index contributed by atoms with van der Waals surface area (Å²) in [5.74, 6) is -1.98. The lowest BCUT2D eigenvalue weighted by atomic mass is 9.95. The van der Waals surface area contributed by atoms with Gasteiger partial charge in [0.25, 0.3) is 0 Å². The maximum absolute atomic E-state index is 13.6. The van der Waals surface area contributed by atoms with Gasteiger partial charge in [0.05, 0.1) is 17.7 Å². The SMILES string of the molecule is CC(C)C(CS(=O)(=O)N1CCC(Oc2ccc(-c3ccc(F)cc3)cn2)CC1)C(=O)N1C(=O)OC[C@H]1Cc1ccccc1. The molecule has 0 bridgehead atoms. The molecule has 0 N–H and O–H groups in total. The van der Waals surface area contributed by atoms with Crippen molar-refractivity contribution in [1.29, 1.82) is 0 Å². The van der Waals surface area contributed by atoms with Crippen molar-refractivity contribution in [3.8, 4) is 17.0 Å². The molecule has 43 heavy (non-hydrogen) atoms. The molecule has 1 aromatic heterocycles. The molecule has 2 saturated heterocycles. The molecule has 1 unspecified atom stereocenters. The van der Waals surface area contributed by atoms with E-state index in [4.69, 9.17) is 9.47 Å². The summed E-state index contributed by atoms with van der Waals surface area (Å²) >= 11 is 0. The van der Waals surface area contributed by atoms with E-state index in [0.29, 0.717) is 25.1 Å². The summed E-state index contributed by atoms with van der Waals surface area (Å²) in [6, 6.07) is 18.8. The molecule has 9 nitrogen and oxygen atoms in total. The normalized spacial score (nSPS) is 18.9. The van der Waals surface area contributed by atoms with Crippen molar-refractivity contribution in [3.63, 3.8) is 0 Å². The number of pyridine rings is 1. The Balaban J connectivity index is 1.18. The number of rotatable bonds is 10. The van der Waals surface area contributed by atoms with Gasteiger partial charge in [0, 0.05) is 30.9 Å². The van der Waals surface area contributed by atoms with Gasteiger partial charge in [-0.1, -0.05) is 56.3 Å². The van der Waals surface area contributed by atoms with E-state index >= 15 is 0 Å². The summed E-state index contributed by atoms with van der Waals surface area (Å²) in [6.07, 6.45) is 2.10. The van der Waals surface area contributed by atoms with Crippen LogP contribution in [0.25, 0.3) is 11.1 Å². The second kappa shape index (κ2) is 13.2. The molecule has 2 atom stereocenters. The summed E-state index contributed by atoms with van der Waals surface area (Å²) in [6.45, 7) is 4.17. The zero-order valence-corrected chi connectivity index (χ0v) is 25.1. The molecular formula is C32H36FN3O6S. The van der Waals surface area contributed by atoms with E-state index in [2.05, 4.69) is 4.98 Å². The van der Waals surface area contributed by atoms with E-state index < -0.39 is 34.0 Å². The molecule has 3 heterocycles. The number of nitrogens with zero attached hydrogens (tertiary/aromatic N) is 3. The fraction of sp³-hybridized carbons (Fsp3) is 0.406. The molecule has 0 saturated carbocycles. The van der Waals surface area contributed by atoms with Crippen molar-refractivity contribution in [2.24, 2.45) is 11.8 Å². The molecule has 0 spiro atoms. The van der Waals surface area contributed by atoms with Crippen LogP contribution in [0.5, 0.6) is 5.88 Å². The number of carbonyl (C=O) groups excluding carboxylic acids is 2. The molecule has 2 aliphatic rings. The molecule has 3 aromatic rings. The van der Waals surface area contributed by atoms with E-state index in [1.165, 1.54) is 16.4 Å². The number of imide groups is 1. The van der Waals surface area contributed by atoms with E-state index in [-0.39, 0.29) is 43.3 Å². The number of hydrogen-bond acceptors (Lipinski definition) is 7. The van der Waals surface area contributed by atoms with Crippen LogP contribution in [0.3, 0.4) is 0 Å². The second-order valence-electron chi connectivity index (χ2n) is 11.4. The first-order chi connectivity index (χ1) is 20.6. The Bertz CT molecular complexity index is 1510. The van der Waals surface area contributed by atoms with Crippen LogP contribution in [0.2, 0.25) is 0 Å². The van der Waals surface area contributed by atoms with Gasteiger partial charge in [0.15, 0.2) is 0 Å². The van der Waals surface area contributed by atoms with E-state index in [9.17, 15) is 22.4 Å². The highest BCUT2D eigenvalue weighted by molar-refractivity contribution is 7.89. The van der Waals surface area contributed by atoms with Crippen molar-refractivity contribution in [2.75, 3.05) is 25.4 Å². The molecule has 0 radical (unpaired) electrons. The molecule has 5 rings (SSSR count). The lowest BCUT2D eigenvalue weighted by Gasteiger charge is -2.33. The van der Waals surface area contributed by atoms with Gasteiger partial charge in [0.1, 0.15) is 18.5 Å². The van der Waals surface area contributed by atoms with Gasteiger partial charge in [0.2, 0.25) is 21.8 Å². The Morgan fingerprint density at radius 1 is 1.02 bits per heavy atom. The van der Waals surface area contributed by atoms with Crippen molar-refractivity contribution in [1.82, 2.24) is 14.2 Å². The number of sulfonamides is 1. The second-order valence-corrected chi connectivity index (χ2v) is 13.4. The topological polar surface area (TPSA) is 106 Å². The third-order valence-corrected chi connectivity index (χ3v) is 9.95. The highest BCUT2D eigenvalue weighted by Gasteiger charge is 2.44. The van der Waals surface area contributed by atoms with E-state index in [0.717, 1.165) is 21.6 Å². The van der Waals surface area contributed by atoms with Gasteiger partial charge < -0.3 is 9.47 Å². The smallest absolute Gasteiger partial charge is 0.416 e. The Labute approximate surface area is 251 Å². The van der Waals surface area contributed by atoms with Crippen LogP contribution in [0, 0.1) is 17.7 Å². The van der Waals surface area contributed by atoms with E-state index in [1.54, 1.807) is 38.2 Å². The van der Waals surface area contributed by atoms with Gasteiger partial charge in [-0.25, -0.2) is 31.8 Å². The van der Waals surface area contributed by atoms with Crippen molar-refractivity contribution >= 4 is 22.0 Å². The molecule has 0 aliphatic carbocycles. The van der Waals surface area contributed by atoms with Gasteiger partial charge in [-0.05, 0) is 54.5 Å². The summed E-state index contributed by atoms with van der Waals surface area (Å²) in [5, 5.41) is 0. The van der Waals surface area contributed by atoms with Crippen LogP contribution in [-0.2, 0) is 26.0 Å². The van der Waals surface area contributed by atoms with Crippen molar-refractivity contribution in [2.45, 2.75) is 45.3 Å². The minimum Gasteiger partial charge on any atom is -0.474 e. The minimum atomic E-state index is -3.80. The van der Waals surface area contributed by atoms with Crippen LogP contribution in [0.1, 0.15) is 32.3 Å². The number of aromatic nitrogens is 1. The fourth-order valence-corrected chi connectivity index (χ4v) is 7.45. The van der Waals surface area contributed by atoms with Crippen LogP contribution < -0.4 is 4.74 Å². The van der Waals surface area contributed by atoms with Gasteiger partial charge in [-0.15, -0.1) is 0 Å². The molecule has 2 aromatic carbocycles. The van der Waals surface area contributed by atoms with Gasteiger partial charge in [-0.3, -0.25) is 4.79 Å². The molecule has 2 aliphatic heterocycles. The first kappa shape index (κ1) is 30.6. The highest BCUT2D eigenvalue weighted by atomic mass is 32.2. The number of ether oxygens (including phenoxy) is 2. The lowest BCUT2D eigenvalue weighted by Crippen LogP contribution is -2.49. The van der Waals surface area contributed by atoms with Crippen LogP contribution >= 0.6 is 0 Å². The lowest BCUT2D eigenvalue weighted by molar-refractivity contribution is -0.134. The minimum absolute atomic E-state index is 0.0777. The van der Waals surface area contributed by atoms with Crippen molar-refractivity contribution < 1.29 is 31.9 Å². The Hall–Kier alpha value is -3.83. The predicted octanol–water partition coefficient (Wildman–Crippen LogP) is 4.92. The number of benzene rings is 2. The zero-order chi connectivity index (χ0) is 30.6.